The number of likely N-dealkylation sites (N-methyl/N-ethyl adjacent to an activating group) is 1. The van der Waals surface area contributed by atoms with Crippen molar-refractivity contribution in [1.82, 2.24) is 30.6 Å². The molecule has 12 heteroatoms. The van der Waals surface area contributed by atoms with Gasteiger partial charge >= 0.3 is 0 Å². The van der Waals surface area contributed by atoms with Gasteiger partial charge in [0.1, 0.15) is 23.6 Å². The Kier molecular flexibility index (Phi) is 12.5. The van der Waals surface area contributed by atoms with Crippen LogP contribution in [0.3, 0.4) is 0 Å². The minimum absolute atomic E-state index is 0.0259. The normalized spacial score (nSPS) is 15.1. The zero-order chi connectivity index (χ0) is 30.6. The number of amides is 4. The predicted molar refractivity (Wildman–Crippen MR) is 158 cm³/mol. The Bertz CT molecular complexity index is 1230. The van der Waals surface area contributed by atoms with E-state index in [-0.39, 0.29) is 36.3 Å². The van der Waals surface area contributed by atoms with Gasteiger partial charge in [0.05, 0.1) is 5.69 Å². The first-order valence-electron chi connectivity index (χ1n) is 14.8. The van der Waals surface area contributed by atoms with Crippen molar-refractivity contribution in [2.75, 3.05) is 32.5 Å². The monoisotopic (exact) mass is 585 g/mol. The van der Waals surface area contributed by atoms with Crippen molar-refractivity contribution < 1.29 is 23.6 Å². The molecule has 0 aliphatic heterocycles. The Morgan fingerprint density at radius 1 is 1.05 bits per heavy atom. The van der Waals surface area contributed by atoms with Gasteiger partial charge in [-0.3, -0.25) is 23.9 Å². The number of nitrogens with one attached hydrogen (secondary N) is 4. The van der Waals surface area contributed by atoms with Crippen LogP contribution in [0.2, 0.25) is 0 Å². The number of carbonyl (C=O) groups excluding carboxylic acids is 4. The van der Waals surface area contributed by atoms with Gasteiger partial charge in [0.15, 0.2) is 0 Å². The summed E-state index contributed by atoms with van der Waals surface area (Å²) in [5.41, 5.74) is 0.818. The second-order valence-corrected chi connectivity index (χ2v) is 11.0. The SMILES string of the molecule is CCC(=O)N[C@H](Cc1ccc(NC(=O)[C@@H](NC(=O)c2ccnn2CC)C2CCCCC2)c(F)c1)C(=O)NCCN(C)C. The molecule has 0 bridgehead atoms. The molecule has 0 spiro atoms. The van der Waals surface area contributed by atoms with Gasteiger partial charge in [-0.05, 0) is 63.5 Å². The molecule has 0 saturated heterocycles. The summed E-state index contributed by atoms with van der Waals surface area (Å²) >= 11 is 0. The van der Waals surface area contributed by atoms with Crippen molar-refractivity contribution >= 4 is 29.3 Å². The first-order chi connectivity index (χ1) is 20.1. The van der Waals surface area contributed by atoms with E-state index in [1.807, 2.05) is 25.9 Å². The third-order valence-corrected chi connectivity index (χ3v) is 7.50. The molecule has 2 aromatic rings. The number of nitrogens with zero attached hydrogens (tertiary/aromatic N) is 3. The Morgan fingerprint density at radius 2 is 1.79 bits per heavy atom. The Morgan fingerprint density at radius 3 is 2.43 bits per heavy atom. The summed E-state index contributed by atoms with van der Waals surface area (Å²) in [6.07, 6.45) is 6.39. The molecule has 2 atom stereocenters. The molecule has 1 fully saturated rings. The third kappa shape index (κ3) is 9.37. The van der Waals surface area contributed by atoms with Crippen molar-refractivity contribution in [2.45, 2.75) is 77.4 Å². The van der Waals surface area contributed by atoms with Crippen LogP contribution >= 0.6 is 0 Å². The lowest BCUT2D eigenvalue weighted by molar-refractivity contribution is -0.128. The van der Waals surface area contributed by atoms with Crippen molar-refractivity contribution in [3.05, 3.63) is 47.5 Å². The molecule has 3 rings (SSSR count). The standard InChI is InChI=1S/C30H44FN7O4/c1-5-26(39)34-24(28(40)32-16-17-37(3)4)19-20-12-13-23(22(31)18-20)35-30(42)27(21-10-8-7-9-11-21)36-29(41)25-14-15-33-38(25)6-2/h12-15,18,21,24,27H,5-11,16-17,19H2,1-4H3,(H,32,40)(H,34,39)(H,35,42)(H,36,41)/t24-,27+/m1/s1. The van der Waals surface area contributed by atoms with Crippen molar-refractivity contribution in [2.24, 2.45) is 5.92 Å². The number of hydrogen-bond donors (Lipinski definition) is 4. The molecule has 0 unspecified atom stereocenters. The second kappa shape index (κ2) is 16.0. The van der Waals surface area contributed by atoms with Crippen LogP contribution in [0.25, 0.3) is 0 Å². The minimum Gasteiger partial charge on any atom is -0.353 e. The van der Waals surface area contributed by atoms with Gasteiger partial charge in [0.25, 0.3) is 5.91 Å². The van der Waals surface area contributed by atoms with Crippen LogP contribution in [0, 0.1) is 11.7 Å². The lowest BCUT2D eigenvalue weighted by Gasteiger charge is -2.30. The highest BCUT2D eigenvalue weighted by Crippen LogP contribution is 2.28. The van der Waals surface area contributed by atoms with Gasteiger partial charge in [-0.2, -0.15) is 5.10 Å². The third-order valence-electron chi connectivity index (χ3n) is 7.50. The maximum atomic E-state index is 15.3. The van der Waals surface area contributed by atoms with Crippen LogP contribution < -0.4 is 21.3 Å². The Hall–Kier alpha value is -3.80. The summed E-state index contributed by atoms with van der Waals surface area (Å²) in [6, 6.07) is 4.20. The molecule has 4 N–H and O–H groups in total. The van der Waals surface area contributed by atoms with E-state index in [1.54, 1.807) is 23.7 Å². The molecule has 230 valence electrons. The summed E-state index contributed by atoms with van der Waals surface area (Å²) in [5, 5.41) is 15.2. The molecular weight excluding hydrogens is 541 g/mol. The second-order valence-electron chi connectivity index (χ2n) is 11.0. The van der Waals surface area contributed by atoms with Crippen molar-refractivity contribution in [3.63, 3.8) is 0 Å². The van der Waals surface area contributed by atoms with Crippen LogP contribution in [0.4, 0.5) is 10.1 Å². The van der Waals surface area contributed by atoms with Gasteiger partial charge in [-0.1, -0.05) is 32.3 Å². The average Bonchev–Trinajstić information content (AvgIpc) is 3.46. The van der Waals surface area contributed by atoms with E-state index in [2.05, 4.69) is 26.4 Å². The zero-order valence-electron chi connectivity index (χ0n) is 25.0. The summed E-state index contributed by atoms with van der Waals surface area (Å²) < 4.78 is 16.8. The predicted octanol–water partition coefficient (Wildman–Crippen LogP) is 2.47. The van der Waals surface area contributed by atoms with Gasteiger partial charge in [0.2, 0.25) is 17.7 Å². The van der Waals surface area contributed by atoms with E-state index >= 15 is 4.39 Å². The zero-order valence-corrected chi connectivity index (χ0v) is 25.0. The summed E-state index contributed by atoms with van der Waals surface area (Å²) in [7, 11) is 3.78. The number of carbonyl (C=O) groups is 4. The summed E-state index contributed by atoms with van der Waals surface area (Å²) in [4.78, 5) is 53.3. The van der Waals surface area contributed by atoms with E-state index in [0.29, 0.717) is 30.9 Å². The molecule has 11 nitrogen and oxygen atoms in total. The van der Waals surface area contributed by atoms with E-state index < -0.39 is 29.7 Å². The molecule has 1 saturated carbocycles. The number of benzene rings is 1. The number of anilines is 1. The average molecular weight is 586 g/mol. The lowest BCUT2D eigenvalue weighted by Crippen LogP contribution is -2.49. The van der Waals surface area contributed by atoms with E-state index in [0.717, 1.165) is 32.1 Å². The van der Waals surface area contributed by atoms with Crippen molar-refractivity contribution in [3.8, 4) is 0 Å². The number of halogens is 1. The van der Waals surface area contributed by atoms with Gasteiger partial charge in [-0.15, -0.1) is 0 Å². The molecule has 42 heavy (non-hydrogen) atoms. The molecule has 1 aliphatic carbocycles. The molecular formula is C30H44FN7O4. The maximum Gasteiger partial charge on any atom is 0.270 e. The van der Waals surface area contributed by atoms with Crippen molar-refractivity contribution in [1.29, 1.82) is 0 Å². The highest BCUT2D eigenvalue weighted by atomic mass is 19.1. The van der Waals surface area contributed by atoms with Crippen LogP contribution in [0.5, 0.6) is 0 Å². The quantitative estimate of drug-likeness (QED) is 0.269. The minimum atomic E-state index is -0.873. The molecule has 1 aliphatic rings. The Labute approximate surface area is 247 Å². The Balaban J connectivity index is 1.73. The molecule has 1 aromatic heterocycles. The van der Waals surface area contributed by atoms with Gasteiger partial charge in [0, 0.05) is 38.7 Å². The van der Waals surface area contributed by atoms with Gasteiger partial charge < -0.3 is 26.2 Å². The first kappa shape index (κ1) is 32.7. The number of aromatic nitrogens is 2. The fourth-order valence-corrected chi connectivity index (χ4v) is 5.12. The molecule has 1 aromatic carbocycles. The maximum absolute atomic E-state index is 15.3. The summed E-state index contributed by atoms with van der Waals surface area (Å²) in [6.45, 7) is 5.11. The first-order valence-corrected chi connectivity index (χ1v) is 14.8. The van der Waals surface area contributed by atoms with Crippen LogP contribution in [0.1, 0.15) is 68.4 Å². The summed E-state index contributed by atoms with van der Waals surface area (Å²) in [5.74, 6) is -2.28. The number of aryl methyl sites for hydroxylation is 1. The van der Waals surface area contributed by atoms with Crippen LogP contribution in [-0.2, 0) is 27.3 Å². The fourth-order valence-electron chi connectivity index (χ4n) is 5.12. The van der Waals surface area contributed by atoms with E-state index in [9.17, 15) is 19.2 Å². The van der Waals surface area contributed by atoms with Crippen LogP contribution in [0.15, 0.2) is 30.5 Å². The number of hydrogen-bond acceptors (Lipinski definition) is 6. The van der Waals surface area contributed by atoms with E-state index in [4.69, 9.17) is 0 Å². The fraction of sp³-hybridized carbons (Fsp3) is 0.567. The van der Waals surface area contributed by atoms with E-state index in [1.165, 1.54) is 18.3 Å². The van der Waals surface area contributed by atoms with Crippen LogP contribution in [-0.4, -0.2) is 77.6 Å². The molecule has 4 amide bonds. The highest BCUT2D eigenvalue weighted by Gasteiger charge is 2.32. The largest absolute Gasteiger partial charge is 0.353 e. The lowest BCUT2D eigenvalue weighted by atomic mass is 9.83. The van der Waals surface area contributed by atoms with Gasteiger partial charge in [-0.25, -0.2) is 4.39 Å². The molecule has 1 heterocycles. The molecule has 0 radical (unpaired) electrons. The number of rotatable bonds is 14. The topological polar surface area (TPSA) is 137 Å². The highest BCUT2D eigenvalue weighted by molar-refractivity contribution is 6.00. The smallest absolute Gasteiger partial charge is 0.270 e.